The van der Waals surface area contributed by atoms with E-state index in [1.807, 2.05) is 66.5 Å². The van der Waals surface area contributed by atoms with Crippen LogP contribution in [0, 0.1) is 0 Å². The standard InChI is InChI=1S/C25H28N6OS/c1-2-15-33-30-14-6-7-19(16-30)31-25-22(24(26)27-17-28-25)23(29-31)18-10-12-21(13-11-18)32-20-8-4-3-5-9-20/h3-5,8-13,17,19H,2,6-7,14-16H2,1H3,(H2,26,27,28). The largest absolute Gasteiger partial charge is 0.457 e. The maximum absolute atomic E-state index is 6.32. The van der Waals surface area contributed by atoms with Gasteiger partial charge < -0.3 is 10.5 Å². The van der Waals surface area contributed by atoms with E-state index in [1.165, 1.54) is 12.7 Å². The zero-order valence-corrected chi connectivity index (χ0v) is 19.5. The van der Waals surface area contributed by atoms with E-state index >= 15 is 0 Å². The molecule has 0 amide bonds. The summed E-state index contributed by atoms with van der Waals surface area (Å²) in [5, 5.41) is 5.84. The van der Waals surface area contributed by atoms with Crippen molar-refractivity contribution in [3.8, 4) is 22.8 Å². The number of para-hydroxylation sites is 1. The Labute approximate surface area is 198 Å². The summed E-state index contributed by atoms with van der Waals surface area (Å²) in [4.78, 5) is 8.84. The van der Waals surface area contributed by atoms with Crippen molar-refractivity contribution in [2.45, 2.75) is 32.2 Å². The van der Waals surface area contributed by atoms with Crippen molar-refractivity contribution in [2.24, 2.45) is 0 Å². The van der Waals surface area contributed by atoms with Gasteiger partial charge in [-0.25, -0.2) is 19.0 Å². The fourth-order valence-electron chi connectivity index (χ4n) is 4.22. The van der Waals surface area contributed by atoms with Gasteiger partial charge in [0.25, 0.3) is 0 Å². The second-order valence-corrected chi connectivity index (χ2v) is 9.39. The number of fused-ring (bicyclic) bond motifs is 1. The first-order valence-electron chi connectivity index (χ1n) is 11.4. The van der Waals surface area contributed by atoms with E-state index in [0.717, 1.165) is 65.5 Å². The Hall–Kier alpha value is -3.10. The molecule has 1 unspecified atom stereocenters. The molecular formula is C25H28N6OS. The van der Waals surface area contributed by atoms with Gasteiger partial charge in [0.05, 0.1) is 11.4 Å². The van der Waals surface area contributed by atoms with Crippen LogP contribution in [0.5, 0.6) is 11.5 Å². The van der Waals surface area contributed by atoms with Crippen molar-refractivity contribution in [3.63, 3.8) is 0 Å². The number of nitrogens with zero attached hydrogens (tertiary/aromatic N) is 5. The van der Waals surface area contributed by atoms with Gasteiger partial charge in [0.2, 0.25) is 0 Å². The molecule has 0 aliphatic carbocycles. The van der Waals surface area contributed by atoms with Crippen molar-refractivity contribution in [1.82, 2.24) is 24.1 Å². The summed E-state index contributed by atoms with van der Waals surface area (Å²) in [6.07, 6.45) is 4.93. The maximum atomic E-state index is 6.32. The molecule has 7 nitrogen and oxygen atoms in total. The monoisotopic (exact) mass is 460 g/mol. The van der Waals surface area contributed by atoms with Crippen LogP contribution >= 0.6 is 11.9 Å². The summed E-state index contributed by atoms with van der Waals surface area (Å²) in [7, 11) is 0. The smallest absolute Gasteiger partial charge is 0.164 e. The maximum Gasteiger partial charge on any atom is 0.164 e. The molecule has 0 radical (unpaired) electrons. The molecule has 0 bridgehead atoms. The molecule has 170 valence electrons. The summed E-state index contributed by atoms with van der Waals surface area (Å²) in [6.45, 7) is 4.29. The van der Waals surface area contributed by atoms with E-state index in [-0.39, 0.29) is 6.04 Å². The van der Waals surface area contributed by atoms with E-state index in [0.29, 0.717) is 5.82 Å². The highest BCUT2D eigenvalue weighted by molar-refractivity contribution is 7.97. The Kier molecular flexibility index (Phi) is 6.46. The van der Waals surface area contributed by atoms with Crippen LogP contribution in [0.15, 0.2) is 60.9 Å². The molecule has 1 aliphatic rings. The predicted octanol–water partition coefficient (Wildman–Crippen LogP) is 5.56. The lowest BCUT2D eigenvalue weighted by Gasteiger charge is -2.31. The molecular weight excluding hydrogens is 432 g/mol. The summed E-state index contributed by atoms with van der Waals surface area (Å²) in [6, 6.07) is 18.0. The van der Waals surface area contributed by atoms with Gasteiger partial charge in [0, 0.05) is 24.4 Å². The van der Waals surface area contributed by atoms with E-state index in [1.54, 1.807) is 0 Å². The highest BCUT2D eigenvalue weighted by Gasteiger charge is 2.26. The lowest BCUT2D eigenvalue weighted by molar-refractivity contribution is 0.274. The second-order valence-electron chi connectivity index (χ2n) is 8.21. The number of ether oxygens (including phenoxy) is 1. The van der Waals surface area contributed by atoms with Crippen LogP contribution in [0.2, 0.25) is 0 Å². The predicted molar refractivity (Wildman–Crippen MR) is 134 cm³/mol. The number of hydrogen-bond acceptors (Lipinski definition) is 7. The highest BCUT2D eigenvalue weighted by Crippen LogP contribution is 2.35. The van der Waals surface area contributed by atoms with Gasteiger partial charge in [-0.3, -0.25) is 0 Å². The van der Waals surface area contributed by atoms with Gasteiger partial charge in [-0.1, -0.05) is 37.1 Å². The molecule has 0 spiro atoms. The van der Waals surface area contributed by atoms with Crippen molar-refractivity contribution in [3.05, 3.63) is 60.9 Å². The fourth-order valence-corrected chi connectivity index (χ4v) is 5.19. The van der Waals surface area contributed by atoms with Crippen LogP contribution < -0.4 is 10.5 Å². The molecule has 2 aromatic heterocycles. The Bertz CT molecular complexity index is 1210. The van der Waals surface area contributed by atoms with Crippen molar-refractivity contribution in [2.75, 3.05) is 24.6 Å². The molecule has 1 aliphatic heterocycles. The lowest BCUT2D eigenvalue weighted by atomic mass is 10.1. The molecule has 2 aromatic carbocycles. The summed E-state index contributed by atoms with van der Waals surface area (Å²) in [5.74, 6) is 3.18. The van der Waals surface area contributed by atoms with Gasteiger partial charge in [-0.15, -0.1) is 0 Å². The van der Waals surface area contributed by atoms with Gasteiger partial charge in [-0.05, 0) is 55.7 Å². The van der Waals surface area contributed by atoms with E-state index in [9.17, 15) is 0 Å². The topological polar surface area (TPSA) is 82.1 Å². The van der Waals surface area contributed by atoms with Gasteiger partial charge in [0.15, 0.2) is 5.65 Å². The first kappa shape index (κ1) is 21.7. The molecule has 2 N–H and O–H groups in total. The molecule has 1 atom stereocenters. The third-order valence-corrected chi connectivity index (χ3v) is 7.10. The molecule has 33 heavy (non-hydrogen) atoms. The quantitative estimate of drug-likeness (QED) is 0.361. The van der Waals surface area contributed by atoms with E-state index in [4.69, 9.17) is 15.6 Å². The number of nitrogens with two attached hydrogens (primary N) is 1. The number of rotatable bonds is 7. The highest BCUT2D eigenvalue weighted by atomic mass is 32.2. The number of anilines is 1. The summed E-state index contributed by atoms with van der Waals surface area (Å²) in [5.41, 5.74) is 8.90. The van der Waals surface area contributed by atoms with Gasteiger partial charge in [-0.2, -0.15) is 5.10 Å². The van der Waals surface area contributed by atoms with Crippen LogP contribution in [0.4, 0.5) is 5.82 Å². The average Bonchev–Trinajstić information content (AvgIpc) is 3.25. The van der Waals surface area contributed by atoms with Crippen molar-refractivity contribution < 1.29 is 4.74 Å². The molecule has 5 rings (SSSR count). The first-order valence-corrected chi connectivity index (χ1v) is 12.4. The minimum atomic E-state index is 0.259. The average molecular weight is 461 g/mol. The number of benzene rings is 2. The van der Waals surface area contributed by atoms with Crippen molar-refractivity contribution in [1.29, 1.82) is 0 Å². The Balaban J connectivity index is 1.46. The third kappa shape index (κ3) is 4.67. The normalized spacial score (nSPS) is 16.8. The molecule has 3 heterocycles. The SMILES string of the molecule is CCCSN1CCCC(n2nc(-c3ccc(Oc4ccccc4)cc3)c3c(N)ncnc32)C1. The van der Waals surface area contributed by atoms with Gasteiger partial charge in [0.1, 0.15) is 29.3 Å². The van der Waals surface area contributed by atoms with Crippen LogP contribution in [-0.4, -0.2) is 42.9 Å². The Morgan fingerprint density at radius 3 is 2.64 bits per heavy atom. The fraction of sp³-hybridized carbons (Fsp3) is 0.320. The molecule has 1 saturated heterocycles. The Morgan fingerprint density at radius 2 is 1.85 bits per heavy atom. The zero-order chi connectivity index (χ0) is 22.6. The number of hydrogen-bond donors (Lipinski definition) is 1. The van der Waals surface area contributed by atoms with Crippen molar-refractivity contribution >= 4 is 28.8 Å². The van der Waals surface area contributed by atoms with Crippen LogP contribution in [0.25, 0.3) is 22.3 Å². The van der Waals surface area contributed by atoms with E-state index in [2.05, 4.69) is 25.9 Å². The lowest BCUT2D eigenvalue weighted by Crippen LogP contribution is -2.33. The van der Waals surface area contributed by atoms with Gasteiger partial charge >= 0.3 is 0 Å². The molecule has 8 heteroatoms. The first-order chi connectivity index (χ1) is 16.2. The minimum absolute atomic E-state index is 0.259. The number of nitrogen functional groups attached to an aromatic ring is 1. The third-order valence-electron chi connectivity index (χ3n) is 5.81. The summed E-state index contributed by atoms with van der Waals surface area (Å²) >= 11 is 1.93. The Morgan fingerprint density at radius 1 is 1.06 bits per heavy atom. The number of aromatic nitrogens is 4. The second kappa shape index (κ2) is 9.80. The molecule has 4 aromatic rings. The zero-order valence-electron chi connectivity index (χ0n) is 18.7. The molecule has 1 fully saturated rings. The van der Waals surface area contributed by atoms with Crippen LogP contribution in [0.3, 0.4) is 0 Å². The van der Waals surface area contributed by atoms with Crippen LogP contribution in [-0.2, 0) is 0 Å². The summed E-state index contributed by atoms with van der Waals surface area (Å²) < 4.78 is 10.5. The molecule has 0 saturated carbocycles. The van der Waals surface area contributed by atoms with E-state index < -0.39 is 0 Å². The van der Waals surface area contributed by atoms with Crippen LogP contribution in [0.1, 0.15) is 32.2 Å². The number of piperidine rings is 1. The minimum Gasteiger partial charge on any atom is -0.457 e.